The van der Waals surface area contributed by atoms with Crippen molar-refractivity contribution < 1.29 is 17.6 Å². The number of nitrogens with one attached hydrogen (secondary N) is 1. The minimum Gasteiger partial charge on any atom is -0.321 e. The summed E-state index contributed by atoms with van der Waals surface area (Å²) in [5, 5.41) is 3.87. The summed E-state index contributed by atoms with van der Waals surface area (Å²) < 4.78 is 39.2. The number of fused-ring (bicyclic) bond motifs is 1. The summed E-state index contributed by atoms with van der Waals surface area (Å²) >= 11 is 6.05. The third kappa shape index (κ3) is 4.55. The van der Waals surface area contributed by atoms with E-state index in [1.54, 1.807) is 12.1 Å². The number of rotatable bonds is 5. The highest BCUT2D eigenvalue weighted by atomic mass is 35.5. The fraction of sp³-hybridized carbons (Fsp3) is 0.0455. The molecule has 0 saturated carbocycles. The highest BCUT2D eigenvalue weighted by molar-refractivity contribution is 7.90. The lowest BCUT2D eigenvalue weighted by molar-refractivity contribution is 0.102. The number of sulfone groups is 1. The van der Waals surface area contributed by atoms with E-state index in [1.165, 1.54) is 18.2 Å². The van der Waals surface area contributed by atoms with Crippen LogP contribution in [-0.2, 0) is 15.6 Å². The molecule has 0 aliphatic heterocycles. The molecule has 31 heavy (non-hydrogen) atoms. The molecule has 4 aromatic rings. The second kappa shape index (κ2) is 8.41. The van der Waals surface area contributed by atoms with Crippen molar-refractivity contribution in [3.8, 4) is 0 Å². The second-order valence-corrected chi connectivity index (χ2v) is 9.01. The van der Waals surface area contributed by atoms with E-state index < -0.39 is 32.5 Å². The average molecular weight is 456 g/mol. The van der Waals surface area contributed by atoms with E-state index >= 15 is 0 Å². The Morgan fingerprint density at radius 3 is 2.48 bits per heavy atom. The zero-order valence-corrected chi connectivity index (χ0v) is 17.5. The molecule has 0 aliphatic carbocycles. The number of hydrogen-bond donors (Lipinski definition) is 1. The third-order valence-corrected chi connectivity index (χ3v) is 6.25. The van der Waals surface area contributed by atoms with E-state index in [-0.39, 0.29) is 16.3 Å². The molecule has 9 heteroatoms. The Morgan fingerprint density at radius 2 is 1.71 bits per heavy atom. The van der Waals surface area contributed by atoms with Gasteiger partial charge in [0.25, 0.3) is 5.91 Å². The summed E-state index contributed by atoms with van der Waals surface area (Å²) in [7, 11) is -4.11. The van der Waals surface area contributed by atoms with Crippen molar-refractivity contribution in [1.29, 1.82) is 0 Å². The number of carbonyl (C=O) groups excluding carboxylic acids is 1. The lowest BCUT2D eigenvalue weighted by atomic mass is 10.1. The van der Waals surface area contributed by atoms with Crippen LogP contribution in [0.3, 0.4) is 0 Å². The van der Waals surface area contributed by atoms with Gasteiger partial charge in [0.2, 0.25) is 15.0 Å². The summed E-state index contributed by atoms with van der Waals surface area (Å²) in [5.41, 5.74) is 0.175. The topological polar surface area (TPSA) is 89.0 Å². The van der Waals surface area contributed by atoms with Crippen molar-refractivity contribution in [2.75, 3.05) is 5.32 Å². The smallest absolute Gasteiger partial charge is 0.275 e. The maximum absolute atomic E-state index is 13.9. The van der Waals surface area contributed by atoms with Crippen LogP contribution in [0.2, 0.25) is 5.02 Å². The first-order valence-corrected chi connectivity index (χ1v) is 11.2. The molecule has 1 N–H and O–H groups in total. The van der Waals surface area contributed by atoms with Crippen molar-refractivity contribution >= 4 is 43.8 Å². The molecule has 0 saturated heterocycles. The van der Waals surface area contributed by atoms with Gasteiger partial charge in [0.1, 0.15) is 5.82 Å². The van der Waals surface area contributed by atoms with Gasteiger partial charge in [0, 0.05) is 11.3 Å². The average Bonchev–Trinajstić information content (AvgIpc) is 2.75. The number of anilines is 1. The van der Waals surface area contributed by atoms with E-state index in [0.717, 1.165) is 23.0 Å². The maximum Gasteiger partial charge on any atom is 0.275 e. The van der Waals surface area contributed by atoms with Crippen molar-refractivity contribution in [2.45, 2.75) is 10.9 Å². The van der Waals surface area contributed by atoms with Gasteiger partial charge in [-0.3, -0.25) is 4.79 Å². The van der Waals surface area contributed by atoms with Crippen LogP contribution in [0.25, 0.3) is 10.8 Å². The van der Waals surface area contributed by atoms with Crippen LogP contribution in [0.15, 0.2) is 78.1 Å². The van der Waals surface area contributed by atoms with E-state index in [0.29, 0.717) is 5.69 Å². The van der Waals surface area contributed by atoms with Crippen LogP contribution in [0.5, 0.6) is 0 Å². The molecule has 0 atom stereocenters. The van der Waals surface area contributed by atoms with Crippen LogP contribution >= 0.6 is 11.6 Å². The zero-order valence-electron chi connectivity index (χ0n) is 15.9. The van der Waals surface area contributed by atoms with Crippen molar-refractivity contribution in [2.24, 2.45) is 0 Å². The van der Waals surface area contributed by atoms with E-state index in [1.807, 2.05) is 30.3 Å². The molecular formula is C22H15ClFN3O3S. The Kier molecular flexibility index (Phi) is 5.67. The van der Waals surface area contributed by atoms with Crippen molar-refractivity contribution in [1.82, 2.24) is 9.97 Å². The Hall–Kier alpha value is -3.36. The SMILES string of the molecule is O=C(Nc1ccc2ccccc2c1)c1nc(S(=O)(=O)Cc2ccccc2F)ncc1Cl. The maximum atomic E-state index is 13.9. The number of amides is 1. The van der Waals surface area contributed by atoms with Gasteiger partial charge in [-0.15, -0.1) is 0 Å². The Bertz CT molecular complexity index is 1410. The number of nitrogens with zero attached hydrogens (tertiary/aromatic N) is 2. The molecule has 0 fully saturated rings. The summed E-state index contributed by atoms with van der Waals surface area (Å²) in [6.45, 7) is 0. The molecule has 6 nitrogen and oxygen atoms in total. The van der Waals surface area contributed by atoms with Crippen molar-refractivity contribution in [3.05, 3.63) is 95.0 Å². The first-order chi connectivity index (χ1) is 14.8. The molecule has 0 bridgehead atoms. The predicted octanol–water partition coefficient (Wildman–Crippen LogP) is 4.65. The first kappa shape index (κ1) is 20.9. The molecule has 1 amide bonds. The molecule has 3 aromatic carbocycles. The van der Waals surface area contributed by atoms with Gasteiger partial charge in [-0.2, -0.15) is 0 Å². The molecule has 0 unspecified atom stereocenters. The third-order valence-electron chi connectivity index (χ3n) is 4.53. The van der Waals surface area contributed by atoms with Crippen LogP contribution < -0.4 is 5.32 Å². The minimum atomic E-state index is -4.11. The van der Waals surface area contributed by atoms with Gasteiger partial charge in [0.15, 0.2) is 5.69 Å². The monoisotopic (exact) mass is 455 g/mol. The lowest BCUT2D eigenvalue weighted by Gasteiger charge is -2.09. The number of carbonyl (C=O) groups is 1. The first-order valence-electron chi connectivity index (χ1n) is 9.12. The standard InChI is InChI=1S/C22H15ClFN3O3S/c23-18-12-25-22(31(29,30)13-16-7-3-4-8-19(16)24)27-20(18)21(28)26-17-10-9-14-5-1-2-6-15(14)11-17/h1-12H,13H2,(H,26,28). The normalized spacial score (nSPS) is 11.4. The Balaban J connectivity index is 1.62. The molecular weight excluding hydrogens is 441 g/mol. The number of benzene rings is 3. The molecule has 0 spiro atoms. The lowest BCUT2D eigenvalue weighted by Crippen LogP contribution is -2.18. The molecule has 1 aromatic heterocycles. The Morgan fingerprint density at radius 1 is 1.00 bits per heavy atom. The van der Waals surface area contributed by atoms with E-state index in [2.05, 4.69) is 15.3 Å². The largest absolute Gasteiger partial charge is 0.321 e. The minimum absolute atomic E-state index is 0.0248. The van der Waals surface area contributed by atoms with Crippen LogP contribution in [-0.4, -0.2) is 24.3 Å². The number of hydrogen-bond acceptors (Lipinski definition) is 5. The van der Waals surface area contributed by atoms with E-state index in [9.17, 15) is 17.6 Å². The fourth-order valence-electron chi connectivity index (χ4n) is 3.00. The highest BCUT2D eigenvalue weighted by Crippen LogP contribution is 2.22. The summed E-state index contributed by atoms with van der Waals surface area (Å²) in [6.07, 6.45) is 1.04. The zero-order chi connectivity index (χ0) is 22.0. The van der Waals surface area contributed by atoms with Gasteiger partial charge in [-0.1, -0.05) is 60.1 Å². The van der Waals surface area contributed by atoms with Crippen LogP contribution in [0, 0.1) is 5.82 Å². The molecule has 156 valence electrons. The molecule has 4 rings (SSSR count). The highest BCUT2D eigenvalue weighted by Gasteiger charge is 2.24. The van der Waals surface area contributed by atoms with Gasteiger partial charge < -0.3 is 5.32 Å². The van der Waals surface area contributed by atoms with Crippen LogP contribution in [0.4, 0.5) is 10.1 Å². The molecule has 0 radical (unpaired) electrons. The summed E-state index contributed by atoms with van der Waals surface area (Å²) in [4.78, 5) is 20.3. The quantitative estimate of drug-likeness (QED) is 0.442. The van der Waals surface area contributed by atoms with Gasteiger partial charge in [-0.05, 0) is 29.0 Å². The Labute approximate surface area is 182 Å². The van der Waals surface area contributed by atoms with Crippen molar-refractivity contribution in [3.63, 3.8) is 0 Å². The fourth-order valence-corrected chi connectivity index (χ4v) is 4.40. The number of halogens is 2. The van der Waals surface area contributed by atoms with Gasteiger partial charge in [0.05, 0.1) is 17.0 Å². The second-order valence-electron chi connectivity index (χ2n) is 6.72. The predicted molar refractivity (Wildman–Crippen MR) is 116 cm³/mol. The van der Waals surface area contributed by atoms with Gasteiger partial charge in [-0.25, -0.2) is 22.8 Å². The summed E-state index contributed by atoms with van der Waals surface area (Å²) in [5.74, 6) is -1.99. The molecule has 0 aliphatic rings. The van der Waals surface area contributed by atoms with Gasteiger partial charge >= 0.3 is 0 Å². The molecule has 1 heterocycles. The number of aromatic nitrogens is 2. The summed E-state index contributed by atoms with van der Waals surface area (Å²) in [6, 6.07) is 18.5. The van der Waals surface area contributed by atoms with Crippen LogP contribution in [0.1, 0.15) is 16.1 Å². The van der Waals surface area contributed by atoms with E-state index in [4.69, 9.17) is 11.6 Å².